The molecule has 0 bridgehead atoms. The van der Waals surface area contributed by atoms with Crippen molar-refractivity contribution in [3.8, 4) is 11.5 Å². The lowest BCUT2D eigenvalue weighted by Gasteiger charge is -2.07. The number of fused-ring (bicyclic) bond motifs is 2. The van der Waals surface area contributed by atoms with Crippen LogP contribution in [0, 0.1) is 0 Å². The molecule has 0 saturated heterocycles. The second kappa shape index (κ2) is 5.33. The van der Waals surface area contributed by atoms with Gasteiger partial charge in [-0.15, -0.1) is 0 Å². The average molecular weight is 300 g/mol. The van der Waals surface area contributed by atoms with Crippen molar-refractivity contribution >= 4 is 21.5 Å². The highest BCUT2D eigenvalue weighted by Crippen LogP contribution is 2.25. The van der Waals surface area contributed by atoms with E-state index in [9.17, 15) is 10.2 Å². The van der Waals surface area contributed by atoms with E-state index in [1.54, 1.807) is 24.3 Å². The van der Waals surface area contributed by atoms with E-state index in [1.165, 1.54) is 11.1 Å². The molecule has 4 aromatic rings. The summed E-state index contributed by atoms with van der Waals surface area (Å²) in [5, 5.41) is 23.4. The molecule has 0 saturated carbocycles. The summed E-state index contributed by atoms with van der Waals surface area (Å²) >= 11 is 0. The molecule has 0 aliphatic rings. The third-order valence-electron chi connectivity index (χ3n) is 4.18. The summed E-state index contributed by atoms with van der Waals surface area (Å²) in [5.41, 5.74) is 2.47. The fraction of sp³-hybridized carbons (Fsp3) is 0.0476. The lowest BCUT2D eigenvalue weighted by atomic mass is 9.99. The van der Waals surface area contributed by atoms with Gasteiger partial charge in [-0.2, -0.15) is 0 Å². The normalized spacial score (nSPS) is 11.1. The molecule has 0 radical (unpaired) electrons. The Bertz CT molecular complexity index is 935. The molecule has 112 valence electrons. The first-order chi connectivity index (χ1) is 11.2. The van der Waals surface area contributed by atoms with Crippen LogP contribution >= 0.6 is 0 Å². The maximum atomic E-state index is 9.54. The van der Waals surface area contributed by atoms with E-state index in [4.69, 9.17) is 0 Å². The molecule has 0 heterocycles. The van der Waals surface area contributed by atoms with Crippen molar-refractivity contribution in [1.82, 2.24) is 0 Å². The van der Waals surface area contributed by atoms with E-state index in [1.807, 2.05) is 24.3 Å². The molecule has 4 aromatic carbocycles. The van der Waals surface area contributed by atoms with Crippen molar-refractivity contribution in [3.63, 3.8) is 0 Å². The van der Waals surface area contributed by atoms with E-state index in [-0.39, 0.29) is 0 Å². The molecule has 4 rings (SSSR count). The summed E-state index contributed by atoms with van der Waals surface area (Å²) in [5.74, 6) is 0.589. The predicted molar refractivity (Wildman–Crippen MR) is 94.0 cm³/mol. The summed E-state index contributed by atoms with van der Waals surface area (Å²) in [6.45, 7) is 0. The predicted octanol–water partition coefficient (Wildman–Crippen LogP) is 5.00. The largest absolute Gasteiger partial charge is 0.508 e. The van der Waals surface area contributed by atoms with Crippen molar-refractivity contribution in [1.29, 1.82) is 0 Å². The van der Waals surface area contributed by atoms with Gasteiger partial charge >= 0.3 is 0 Å². The summed E-state index contributed by atoms with van der Waals surface area (Å²) in [4.78, 5) is 0. The molecule has 0 unspecified atom stereocenters. The van der Waals surface area contributed by atoms with Crippen molar-refractivity contribution < 1.29 is 10.2 Å². The SMILES string of the molecule is Oc1ccc2cc(Cc3ccc4cc(O)ccc4c3)ccc2c1. The lowest BCUT2D eigenvalue weighted by Crippen LogP contribution is -1.88. The molecule has 0 aromatic heterocycles. The topological polar surface area (TPSA) is 40.5 Å². The highest BCUT2D eigenvalue weighted by molar-refractivity contribution is 5.85. The second-order valence-corrected chi connectivity index (χ2v) is 5.91. The monoisotopic (exact) mass is 300 g/mol. The van der Waals surface area contributed by atoms with Crippen LogP contribution in [0.2, 0.25) is 0 Å². The molecule has 0 fully saturated rings. The molecule has 23 heavy (non-hydrogen) atoms. The van der Waals surface area contributed by atoms with Crippen LogP contribution in [0.25, 0.3) is 21.5 Å². The van der Waals surface area contributed by atoms with Gasteiger partial charge in [0.1, 0.15) is 11.5 Å². The van der Waals surface area contributed by atoms with Gasteiger partial charge in [-0.1, -0.05) is 48.5 Å². The fourth-order valence-electron chi connectivity index (χ4n) is 3.02. The summed E-state index contributed by atoms with van der Waals surface area (Å²) < 4.78 is 0. The van der Waals surface area contributed by atoms with Gasteiger partial charge in [0.25, 0.3) is 0 Å². The first kappa shape index (κ1) is 13.6. The Morgan fingerprint density at radius 1 is 0.478 bits per heavy atom. The number of benzene rings is 4. The summed E-state index contributed by atoms with van der Waals surface area (Å²) in [7, 11) is 0. The zero-order chi connectivity index (χ0) is 15.8. The minimum atomic E-state index is 0.294. The minimum Gasteiger partial charge on any atom is -0.508 e. The Balaban J connectivity index is 1.69. The molecule has 0 aliphatic carbocycles. The van der Waals surface area contributed by atoms with Gasteiger partial charge in [0.05, 0.1) is 0 Å². The summed E-state index contributed by atoms with van der Waals surface area (Å²) in [6.07, 6.45) is 0.855. The average Bonchev–Trinajstić information content (AvgIpc) is 2.55. The first-order valence-corrected chi connectivity index (χ1v) is 7.61. The number of hydrogen-bond donors (Lipinski definition) is 2. The van der Waals surface area contributed by atoms with Crippen molar-refractivity contribution in [2.75, 3.05) is 0 Å². The number of hydrogen-bond acceptors (Lipinski definition) is 2. The fourth-order valence-corrected chi connectivity index (χ4v) is 3.02. The van der Waals surface area contributed by atoms with Crippen LogP contribution < -0.4 is 0 Å². The van der Waals surface area contributed by atoms with Crippen molar-refractivity contribution in [2.45, 2.75) is 6.42 Å². The van der Waals surface area contributed by atoms with Crippen LogP contribution in [0.3, 0.4) is 0 Å². The number of rotatable bonds is 2. The van der Waals surface area contributed by atoms with Crippen molar-refractivity contribution in [2.24, 2.45) is 0 Å². The highest BCUT2D eigenvalue weighted by atomic mass is 16.3. The maximum Gasteiger partial charge on any atom is 0.116 e. The molecule has 0 amide bonds. The summed E-state index contributed by atoms with van der Waals surface area (Å²) in [6, 6.07) is 23.5. The van der Waals surface area contributed by atoms with E-state index in [2.05, 4.69) is 24.3 Å². The van der Waals surface area contributed by atoms with E-state index in [0.29, 0.717) is 11.5 Å². The minimum absolute atomic E-state index is 0.294. The standard InChI is InChI=1S/C21H16O2/c22-20-7-5-16-10-14(1-3-18(16)12-20)9-15-2-4-19-13-21(23)8-6-17(19)11-15/h1-8,10-13,22-23H,9H2. The zero-order valence-corrected chi connectivity index (χ0v) is 12.5. The Kier molecular flexibility index (Phi) is 3.16. The molecule has 0 atom stereocenters. The Morgan fingerprint density at radius 3 is 1.35 bits per heavy atom. The zero-order valence-electron chi connectivity index (χ0n) is 12.5. The van der Waals surface area contributed by atoms with Crippen LogP contribution in [0.5, 0.6) is 11.5 Å². The lowest BCUT2D eigenvalue weighted by molar-refractivity contribution is 0.475. The number of phenols is 2. The van der Waals surface area contributed by atoms with Crippen LogP contribution in [0.15, 0.2) is 72.8 Å². The highest BCUT2D eigenvalue weighted by Gasteiger charge is 2.02. The van der Waals surface area contributed by atoms with E-state index < -0.39 is 0 Å². The molecular formula is C21H16O2. The first-order valence-electron chi connectivity index (χ1n) is 7.61. The molecule has 2 heteroatoms. The van der Waals surface area contributed by atoms with Crippen LogP contribution in [-0.4, -0.2) is 10.2 Å². The van der Waals surface area contributed by atoms with Gasteiger partial charge in [-0.25, -0.2) is 0 Å². The van der Waals surface area contributed by atoms with Crippen LogP contribution in [0.1, 0.15) is 11.1 Å². The molecule has 0 spiro atoms. The Labute approximate surface area is 134 Å². The van der Waals surface area contributed by atoms with E-state index in [0.717, 1.165) is 28.0 Å². The van der Waals surface area contributed by atoms with Gasteiger partial charge in [-0.3, -0.25) is 0 Å². The van der Waals surface area contributed by atoms with Crippen LogP contribution in [0.4, 0.5) is 0 Å². The number of phenolic OH excluding ortho intramolecular Hbond substituents is 2. The van der Waals surface area contributed by atoms with Gasteiger partial charge in [0.2, 0.25) is 0 Å². The molecule has 2 nitrogen and oxygen atoms in total. The molecule has 2 N–H and O–H groups in total. The van der Waals surface area contributed by atoms with Crippen molar-refractivity contribution in [3.05, 3.63) is 83.9 Å². The third kappa shape index (κ3) is 2.71. The smallest absolute Gasteiger partial charge is 0.116 e. The van der Waals surface area contributed by atoms with Crippen LogP contribution in [-0.2, 0) is 6.42 Å². The third-order valence-corrected chi connectivity index (χ3v) is 4.18. The Hall–Kier alpha value is -3.00. The number of aromatic hydroxyl groups is 2. The Morgan fingerprint density at radius 2 is 0.870 bits per heavy atom. The van der Waals surface area contributed by atoms with Gasteiger partial charge in [-0.05, 0) is 63.4 Å². The van der Waals surface area contributed by atoms with Gasteiger partial charge < -0.3 is 10.2 Å². The maximum absolute atomic E-state index is 9.54. The second-order valence-electron chi connectivity index (χ2n) is 5.91. The quantitative estimate of drug-likeness (QED) is 0.547. The molecular weight excluding hydrogens is 284 g/mol. The molecule has 0 aliphatic heterocycles. The van der Waals surface area contributed by atoms with E-state index >= 15 is 0 Å². The van der Waals surface area contributed by atoms with Gasteiger partial charge in [0.15, 0.2) is 0 Å². The van der Waals surface area contributed by atoms with Gasteiger partial charge in [0, 0.05) is 0 Å².